The Bertz CT molecular complexity index is 2430. The maximum absolute atomic E-state index is 13.1. The molecule has 1 aromatic carbocycles. The van der Waals surface area contributed by atoms with Crippen molar-refractivity contribution >= 4 is 0 Å². The SMILES string of the molecule is Cc1c(C#CC2CC2C2CC2C#Cc2ccc(Cn3ccc(OC[C@@H]4COCCO4)cc3=O)nc2)cccc1Cn1c(C)cc(OCc2ncccn2)cc1=O. The maximum Gasteiger partial charge on any atom is 0.254 e. The highest BCUT2D eigenvalue weighted by Gasteiger charge is 2.52. The van der Waals surface area contributed by atoms with Gasteiger partial charge in [0, 0.05) is 65.6 Å². The number of aromatic nitrogens is 5. The molecule has 3 aliphatic rings. The van der Waals surface area contributed by atoms with Crippen molar-refractivity contribution < 1.29 is 18.9 Å². The van der Waals surface area contributed by atoms with Crippen molar-refractivity contribution in [1.82, 2.24) is 24.1 Å². The van der Waals surface area contributed by atoms with E-state index in [1.165, 1.54) is 12.1 Å². The van der Waals surface area contributed by atoms with E-state index in [2.05, 4.69) is 57.7 Å². The van der Waals surface area contributed by atoms with E-state index in [4.69, 9.17) is 18.9 Å². The summed E-state index contributed by atoms with van der Waals surface area (Å²) < 4.78 is 25.9. The van der Waals surface area contributed by atoms with E-state index < -0.39 is 0 Å². The van der Waals surface area contributed by atoms with Gasteiger partial charge in [-0.2, -0.15) is 0 Å². The van der Waals surface area contributed by atoms with Gasteiger partial charge in [-0.05, 0) is 86.1 Å². The smallest absolute Gasteiger partial charge is 0.254 e. The van der Waals surface area contributed by atoms with E-state index in [1.807, 2.05) is 31.2 Å². The summed E-state index contributed by atoms with van der Waals surface area (Å²) in [4.78, 5) is 38.7. The minimum Gasteiger partial charge on any atom is -0.491 e. The molecule has 0 spiro atoms. The number of hydrogen-bond donors (Lipinski definition) is 0. The predicted octanol–water partition coefficient (Wildman–Crippen LogP) is 4.96. The van der Waals surface area contributed by atoms with Gasteiger partial charge in [-0.15, -0.1) is 0 Å². The number of hydrogen-bond acceptors (Lipinski definition) is 9. The zero-order valence-electron chi connectivity index (χ0n) is 31.5. The summed E-state index contributed by atoms with van der Waals surface area (Å²) in [6.45, 7) is 6.99. The molecule has 8 rings (SSSR count). The second-order valence-electron chi connectivity index (χ2n) is 14.6. The lowest BCUT2D eigenvalue weighted by Crippen LogP contribution is -2.33. The second kappa shape index (κ2) is 16.8. The lowest BCUT2D eigenvalue weighted by Gasteiger charge is -2.22. The number of nitrogens with zero attached hydrogens (tertiary/aromatic N) is 5. The molecule has 5 heterocycles. The maximum atomic E-state index is 13.1. The van der Waals surface area contributed by atoms with E-state index in [1.54, 1.807) is 46.1 Å². The number of benzene rings is 1. The molecule has 2 aliphatic carbocycles. The van der Waals surface area contributed by atoms with Crippen molar-refractivity contribution in [3.05, 3.63) is 146 Å². The highest BCUT2D eigenvalue weighted by molar-refractivity contribution is 5.46. The third-order valence-corrected chi connectivity index (χ3v) is 10.5. The Balaban J connectivity index is 0.812. The van der Waals surface area contributed by atoms with Crippen LogP contribution in [0.25, 0.3) is 0 Å². The van der Waals surface area contributed by atoms with Crippen LogP contribution in [-0.2, 0) is 29.2 Å². The van der Waals surface area contributed by atoms with E-state index >= 15 is 0 Å². The Labute approximate surface area is 325 Å². The largest absolute Gasteiger partial charge is 0.491 e. The highest BCUT2D eigenvalue weighted by atomic mass is 16.6. The van der Waals surface area contributed by atoms with Crippen LogP contribution in [0, 0.1) is 61.2 Å². The first kappa shape index (κ1) is 36.9. The first-order valence-electron chi connectivity index (χ1n) is 19.1. The van der Waals surface area contributed by atoms with Gasteiger partial charge in [0.2, 0.25) is 0 Å². The van der Waals surface area contributed by atoms with Crippen LogP contribution in [0.15, 0.2) is 95.0 Å². The van der Waals surface area contributed by atoms with Crippen molar-refractivity contribution in [2.24, 2.45) is 23.7 Å². The van der Waals surface area contributed by atoms with Crippen LogP contribution < -0.4 is 20.6 Å². The molecular weight excluding hydrogens is 707 g/mol. The van der Waals surface area contributed by atoms with Crippen LogP contribution in [0.4, 0.5) is 0 Å². The molecular formula is C45H43N5O6. The monoisotopic (exact) mass is 749 g/mol. The topological polar surface area (TPSA) is 120 Å². The van der Waals surface area contributed by atoms with Crippen LogP contribution in [0.3, 0.4) is 0 Å². The lowest BCUT2D eigenvalue weighted by atomic mass is 10.0. The van der Waals surface area contributed by atoms with Gasteiger partial charge in [-0.1, -0.05) is 35.8 Å². The number of aryl methyl sites for hydroxylation is 1. The Morgan fingerprint density at radius 3 is 2.36 bits per heavy atom. The Hall–Kier alpha value is -6.01. The van der Waals surface area contributed by atoms with Crippen LogP contribution in [-0.4, -0.2) is 56.6 Å². The van der Waals surface area contributed by atoms with E-state index in [-0.39, 0.29) is 23.8 Å². The fourth-order valence-electron chi connectivity index (χ4n) is 7.05. The fourth-order valence-corrected chi connectivity index (χ4v) is 7.05. The molecule has 284 valence electrons. The molecule has 4 unspecified atom stereocenters. The standard InChI is InChI=1S/C45H43N5O6/c1-30-19-39(56-29-43-46-14-4-15-47-43)23-45(52)50(30)25-36-6-3-5-33(31(36)2)10-11-35-21-42(35)41-20-34(41)9-7-32-8-12-37(48-24-32)26-49-16-13-38(22-44(49)51)55-28-40-27-53-17-18-54-40/h3-6,8,12-16,19,22-24,34-35,40-42H,17-18,20-21,25-29H2,1-2H3/t34?,35?,40-,41?,42?/m0/s1. The molecule has 11 nitrogen and oxygen atoms in total. The van der Waals surface area contributed by atoms with Crippen LogP contribution in [0.2, 0.25) is 0 Å². The minimum atomic E-state index is -0.158. The molecule has 11 heteroatoms. The molecule has 5 aromatic rings. The third kappa shape index (κ3) is 9.26. The Morgan fingerprint density at radius 2 is 1.62 bits per heavy atom. The number of rotatable bonds is 11. The number of pyridine rings is 3. The summed E-state index contributed by atoms with van der Waals surface area (Å²) in [6, 6.07) is 18.4. The lowest BCUT2D eigenvalue weighted by molar-refractivity contribution is -0.101. The summed E-state index contributed by atoms with van der Waals surface area (Å²) in [5.41, 5.74) is 5.33. The normalized spacial score (nSPS) is 20.9. The van der Waals surface area contributed by atoms with Gasteiger partial charge in [-0.3, -0.25) is 14.6 Å². The van der Waals surface area contributed by atoms with Gasteiger partial charge in [0.1, 0.15) is 30.8 Å². The molecule has 4 aromatic heterocycles. The van der Waals surface area contributed by atoms with E-state index in [9.17, 15) is 9.59 Å². The van der Waals surface area contributed by atoms with Gasteiger partial charge in [0.05, 0.1) is 38.6 Å². The fraction of sp³-hybridized carbons (Fsp3) is 0.356. The van der Waals surface area contributed by atoms with Crippen molar-refractivity contribution in [2.75, 3.05) is 26.4 Å². The molecule has 0 N–H and O–H groups in total. The van der Waals surface area contributed by atoms with Gasteiger partial charge in [0.15, 0.2) is 5.82 Å². The summed E-state index contributed by atoms with van der Waals surface area (Å²) in [7, 11) is 0. The Morgan fingerprint density at radius 1 is 0.821 bits per heavy atom. The van der Waals surface area contributed by atoms with E-state index in [0.717, 1.165) is 46.5 Å². The van der Waals surface area contributed by atoms with Crippen molar-refractivity contribution in [2.45, 2.75) is 52.5 Å². The minimum absolute atomic E-state index is 0.124. The predicted molar refractivity (Wildman–Crippen MR) is 209 cm³/mol. The average molecular weight is 750 g/mol. The summed E-state index contributed by atoms with van der Waals surface area (Å²) >= 11 is 0. The second-order valence-corrected chi connectivity index (χ2v) is 14.6. The van der Waals surface area contributed by atoms with E-state index in [0.29, 0.717) is 80.5 Å². The molecule has 0 bridgehead atoms. The van der Waals surface area contributed by atoms with Crippen molar-refractivity contribution in [1.29, 1.82) is 0 Å². The number of ether oxygens (including phenoxy) is 4. The molecule has 1 saturated heterocycles. The van der Waals surface area contributed by atoms with Gasteiger partial charge >= 0.3 is 0 Å². The molecule has 3 fully saturated rings. The van der Waals surface area contributed by atoms with Crippen molar-refractivity contribution in [3.8, 4) is 35.2 Å². The van der Waals surface area contributed by atoms with Crippen LogP contribution in [0.5, 0.6) is 11.5 Å². The quantitative estimate of drug-likeness (QED) is 0.173. The molecule has 0 radical (unpaired) electrons. The molecule has 5 atom stereocenters. The average Bonchev–Trinajstić information content (AvgIpc) is 4.15. The molecule has 1 aliphatic heterocycles. The molecule has 56 heavy (non-hydrogen) atoms. The highest BCUT2D eigenvalue weighted by Crippen LogP contribution is 2.57. The molecule has 2 saturated carbocycles. The first-order chi connectivity index (χ1) is 27.4. The van der Waals surface area contributed by atoms with Gasteiger partial charge in [0.25, 0.3) is 11.1 Å². The van der Waals surface area contributed by atoms with Crippen molar-refractivity contribution in [3.63, 3.8) is 0 Å². The van der Waals surface area contributed by atoms with Gasteiger partial charge in [-0.25, -0.2) is 9.97 Å². The zero-order chi connectivity index (χ0) is 38.4. The Kier molecular flexibility index (Phi) is 11.1. The van der Waals surface area contributed by atoms with Crippen LogP contribution >= 0.6 is 0 Å². The summed E-state index contributed by atoms with van der Waals surface area (Å²) in [5.74, 6) is 17.3. The molecule has 0 amide bonds. The van der Waals surface area contributed by atoms with Gasteiger partial charge < -0.3 is 28.1 Å². The summed E-state index contributed by atoms with van der Waals surface area (Å²) in [6.07, 6.45) is 8.92. The summed E-state index contributed by atoms with van der Waals surface area (Å²) in [5, 5.41) is 0. The van der Waals surface area contributed by atoms with Crippen LogP contribution in [0.1, 0.15) is 52.3 Å². The zero-order valence-corrected chi connectivity index (χ0v) is 31.5. The third-order valence-electron chi connectivity index (χ3n) is 10.5. The first-order valence-corrected chi connectivity index (χ1v) is 19.1.